The highest BCUT2D eigenvalue weighted by molar-refractivity contribution is 7.12. The quantitative estimate of drug-likeness (QED) is 0.750. The Balaban J connectivity index is 2.63. The van der Waals surface area contributed by atoms with E-state index in [1.165, 1.54) is 13.0 Å². The molecule has 1 amide bonds. The molecular weight excluding hydrogens is 306 g/mol. The van der Waals surface area contributed by atoms with Crippen molar-refractivity contribution in [2.24, 2.45) is 0 Å². The molecule has 0 aliphatic rings. The molecule has 1 aromatic heterocycles. The van der Waals surface area contributed by atoms with E-state index in [1.54, 1.807) is 5.38 Å². The maximum Gasteiger partial charge on any atom is 0.326 e. The van der Waals surface area contributed by atoms with E-state index in [9.17, 15) is 19.5 Å². The molecule has 0 saturated heterocycles. The van der Waals surface area contributed by atoms with Gasteiger partial charge in [0.25, 0.3) is 5.91 Å². The number of amides is 1. The van der Waals surface area contributed by atoms with Crippen LogP contribution in [0.3, 0.4) is 0 Å². The molecule has 0 radical (unpaired) electrons. The number of thiophene rings is 1. The van der Waals surface area contributed by atoms with Gasteiger partial charge in [-0.1, -0.05) is 0 Å². The first-order valence-corrected chi connectivity index (χ1v) is 7.75. The first-order valence-electron chi connectivity index (χ1n) is 6.87. The Hall–Kier alpha value is -1.73. The van der Waals surface area contributed by atoms with Gasteiger partial charge in [-0.05, 0) is 33.8 Å². The van der Waals surface area contributed by atoms with Gasteiger partial charge in [0.2, 0.25) is 0 Å². The lowest BCUT2D eigenvalue weighted by molar-refractivity contribution is -0.140. The lowest BCUT2D eigenvalue weighted by Gasteiger charge is -2.21. The van der Waals surface area contributed by atoms with Crippen molar-refractivity contribution in [3.05, 3.63) is 21.9 Å². The number of hydrogen-bond acceptors (Lipinski definition) is 5. The van der Waals surface area contributed by atoms with E-state index in [1.807, 2.05) is 20.8 Å². The van der Waals surface area contributed by atoms with E-state index in [-0.39, 0.29) is 24.4 Å². The summed E-state index contributed by atoms with van der Waals surface area (Å²) >= 11 is 1.11. The smallest absolute Gasteiger partial charge is 0.326 e. The standard InChI is InChI=1S/C15H21NO5S/c1-9(17)10-7-12(22-8-10)13(18)16-11(14(19)20)5-6-21-15(2,3)4/h7-8,11H,5-6H2,1-4H3,(H,16,18)(H,19,20). The van der Waals surface area contributed by atoms with Crippen LogP contribution >= 0.6 is 11.3 Å². The number of carbonyl (C=O) groups excluding carboxylic acids is 2. The summed E-state index contributed by atoms with van der Waals surface area (Å²) in [6.45, 7) is 7.25. The largest absolute Gasteiger partial charge is 0.480 e. The Labute approximate surface area is 133 Å². The molecule has 0 aliphatic carbocycles. The molecule has 7 heteroatoms. The topological polar surface area (TPSA) is 92.7 Å². The normalized spacial score (nSPS) is 12.7. The predicted octanol–water partition coefficient (Wildman–Crippen LogP) is 2.34. The van der Waals surface area contributed by atoms with E-state index in [2.05, 4.69) is 5.32 Å². The minimum absolute atomic E-state index is 0.135. The lowest BCUT2D eigenvalue weighted by atomic mass is 10.1. The molecule has 1 rings (SSSR count). The molecule has 0 saturated carbocycles. The number of Topliss-reactive ketones (excluding diaryl/α,β-unsaturated/α-hetero) is 1. The Kier molecular flexibility index (Phi) is 6.25. The highest BCUT2D eigenvalue weighted by atomic mass is 32.1. The van der Waals surface area contributed by atoms with Crippen molar-refractivity contribution in [2.75, 3.05) is 6.61 Å². The van der Waals surface area contributed by atoms with Crippen molar-refractivity contribution < 1.29 is 24.2 Å². The van der Waals surface area contributed by atoms with Gasteiger partial charge in [0.15, 0.2) is 5.78 Å². The highest BCUT2D eigenvalue weighted by Gasteiger charge is 2.22. The van der Waals surface area contributed by atoms with Crippen molar-refractivity contribution in [3.8, 4) is 0 Å². The maximum absolute atomic E-state index is 12.0. The fourth-order valence-electron chi connectivity index (χ4n) is 1.61. The highest BCUT2D eigenvalue weighted by Crippen LogP contribution is 2.15. The van der Waals surface area contributed by atoms with Crippen LogP contribution in [0.5, 0.6) is 0 Å². The molecule has 0 aromatic carbocycles. The SMILES string of the molecule is CC(=O)c1csc(C(=O)NC(CCOC(C)(C)C)C(=O)O)c1. The molecule has 2 N–H and O–H groups in total. The van der Waals surface area contributed by atoms with Crippen LogP contribution in [0.1, 0.15) is 54.1 Å². The summed E-state index contributed by atoms with van der Waals surface area (Å²) in [7, 11) is 0. The van der Waals surface area contributed by atoms with E-state index < -0.39 is 17.9 Å². The minimum Gasteiger partial charge on any atom is -0.480 e. The maximum atomic E-state index is 12.0. The van der Waals surface area contributed by atoms with Gasteiger partial charge >= 0.3 is 5.97 Å². The molecule has 0 aliphatic heterocycles. The van der Waals surface area contributed by atoms with Gasteiger partial charge in [-0.15, -0.1) is 11.3 Å². The van der Waals surface area contributed by atoms with Gasteiger partial charge in [0, 0.05) is 24.0 Å². The molecule has 22 heavy (non-hydrogen) atoms. The van der Waals surface area contributed by atoms with E-state index >= 15 is 0 Å². The summed E-state index contributed by atoms with van der Waals surface area (Å²) in [5, 5.41) is 13.2. The lowest BCUT2D eigenvalue weighted by Crippen LogP contribution is -2.41. The minimum atomic E-state index is -1.12. The predicted molar refractivity (Wildman–Crippen MR) is 83.5 cm³/mol. The van der Waals surface area contributed by atoms with Crippen LogP contribution in [0.15, 0.2) is 11.4 Å². The van der Waals surface area contributed by atoms with Crippen molar-refractivity contribution >= 4 is 29.0 Å². The van der Waals surface area contributed by atoms with Gasteiger partial charge in [-0.25, -0.2) is 4.79 Å². The number of hydrogen-bond donors (Lipinski definition) is 2. The molecule has 0 fully saturated rings. The van der Waals surface area contributed by atoms with E-state index in [0.717, 1.165) is 11.3 Å². The van der Waals surface area contributed by atoms with Gasteiger partial charge in [-0.2, -0.15) is 0 Å². The van der Waals surface area contributed by atoms with Gasteiger partial charge in [0.1, 0.15) is 6.04 Å². The molecule has 0 bridgehead atoms. The monoisotopic (exact) mass is 327 g/mol. The van der Waals surface area contributed by atoms with Gasteiger partial charge < -0.3 is 15.2 Å². The summed E-state index contributed by atoms with van der Waals surface area (Å²) in [5.74, 6) is -1.75. The third-order valence-corrected chi connectivity index (χ3v) is 3.70. The number of nitrogens with one attached hydrogen (secondary N) is 1. The van der Waals surface area contributed by atoms with Crippen LogP contribution in [-0.2, 0) is 9.53 Å². The average molecular weight is 327 g/mol. The summed E-state index contributed by atoms with van der Waals surface area (Å²) in [5.41, 5.74) is 0.0788. The van der Waals surface area contributed by atoms with E-state index in [4.69, 9.17) is 4.74 Å². The fourth-order valence-corrected chi connectivity index (χ4v) is 2.46. The molecule has 1 unspecified atom stereocenters. The molecule has 122 valence electrons. The van der Waals surface area contributed by atoms with Crippen molar-refractivity contribution in [2.45, 2.75) is 45.8 Å². The molecule has 0 spiro atoms. The molecule has 1 aromatic rings. The summed E-state index contributed by atoms with van der Waals surface area (Å²) in [4.78, 5) is 34.8. The third kappa shape index (κ3) is 5.95. The second-order valence-corrected chi connectivity index (χ2v) is 6.78. The third-order valence-electron chi connectivity index (χ3n) is 2.77. The second-order valence-electron chi connectivity index (χ2n) is 5.87. The number of carbonyl (C=O) groups is 3. The van der Waals surface area contributed by atoms with Crippen LogP contribution in [0.25, 0.3) is 0 Å². The molecule has 6 nitrogen and oxygen atoms in total. The van der Waals surface area contributed by atoms with Crippen LogP contribution in [-0.4, -0.2) is 41.0 Å². The zero-order valence-corrected chi connectivity index (χ0v) is 14.0. The Morgan fingerprint density at radius 2 is 2.00 bits per heavy atom. The van der Waals surface area contributed by atoms with Crippen molar-refractivity contribution in [1.82, 2.24) is 5.32 Å². The number of aliphatic carboxylic acids is 1. The summed E-state index contributed by atoms with van der Waals surface area (Å²) in [6, 6.07) is 0.435. The zero-order chi connectivity index (χ0) is 16.9. The van der Waals surface area contributed by atoms with Crippen molar-refractivity contribution in [1.29, 1.82) is 0 Å². The van der Waals surface area contributed by atoms with Crippen LogP contribution in [0.2, 0.25) is 0 Å². The van der Waals surface area contributed by atoms with Gasteiger partial charge in [0.05, 0.1) is 10.5 Å². The Bertz CT molecular complexity index is 559. The van der Waals surface area contributed by atoms with E-state index in [0.29, 0.717) is 10.4 Å². The number of ketones is 1. The zero-order valence-electron chi connectivity index (χ0n) is 13.1. The van der Waals surface area contributed by atoms with Gasteiger partial charge in [-0.3, -0.25) is 9.59 Å². The second kappa shape index (κ2) is 7.51. The molecular formula is C15H21NO5S. The first kappa shape index (κ1) is 18.3. The van der Waals surface area contributed by atoms with Crippen LogP contribution in [0.4, 0.5) is 0 Å². The molecule has 1 atom stereocenters. The van der Waals surface area contributed by atoms with Crippen LogP contribution in [0, 0.1) is 0 Å². The Morgan fingerprint density at radius 1 is 1.36 bits per heavy atom. The average Bonchev–Trinajstić information content (AvgIpc) is 2.85. The number of ether oxygens (including phenoxy) is 1. The molecule has 1 heterocycles. The summed E-state index contributed by atoms with van der Waals surface area (Å²) in [6.07, 6.45) is 0.170. The van der Waals surface area contributed by atoms with Crippen LogP contribution < -0.4 is 5.32 Å². The first-order chi connectivity index (χ1) is 10.1. The number of carboxylic acids is 1. The van der Waals surface area contributed by atoms with Crippen molar-refractivity contribution in [3.63, 3.8) is 0 Å². The number of carboxylic acid groups (broad SMARTS) is 1. The fraction of sp³-hybridized carbons (Fsp3) is 0.533. The Morgan fingerprint density at radius 3 is 2.45 bits per heavy atom. The number of rotatable bonds is 7. The summed E-state index contributed by atoms with van der Waals surface area (Å²) < 4.78 is 5.48.